The highest BCUT2D eigenvalue weighted by Crippen LogP contribution is 2.48. The first kappa shape index (κ1) is 22.3. The zero-order valence-corrected chi connectivity index (χ0v) is 18.1. The smallest absolute Gasteiger partial charge is 0.386 e. The lowest BCUT2D eigenvalue weighted by Gasteiger charge is -2.42. The predicted octanol–water partition coefficient (Wildman–Crippen LogP) is 5.45. The second-order valence-electron chi connectivity index (χ2n) is 9.76. The van der Waals surface area contributed by atoms with E-state index in [-0.39, 0.29) is 17.0 Å². The molecule has 31 heavy (non-hydrogen) atoms. The van der Waals surface area contributed by atoms with Crippen molar-refractivity contribution in [1.82, 2.24) is 5.32 Å². The predicted molar refractivity (Wildman–Crippen MR) is 113 cm³/mol. The van der Waals surface area contributed by atoms with Crippen molar-refractivity contribution in [2.45, 2.75) is 75.4 Å². The minimum atomic E-state index is -4.95. The standard InChI is InChI=1S/C25H29F4NO/c1-22(2,31)18-7-4-16(5-8-18)15-24-12-13-30-21(24)11-6-17-14-19(9-10-20(17)24)23(3,26)25(27,28)29/h4-5,7-10,14,21,30-31H,6,11-13,15H2,1-3H3. The molecule has 3 atom stereocenters. The van der Waals surface area contributed by atoms with Gasteiger partial charge in [-0.1, -0.05) is 42.5 Å². The van der Waals surface area contributed by atoms with E-state index in [0.29, 0.717) is 13.3 Å². The first-order chi connectivity index (χ1) is 14.3. The van der Waals surface area contributed by atoms with Crippen molar-refractivity contribution in [3.8, 4) is 0 Å². The zero-order chi connectivity index (χ0) is 22.7. The van der Waals surface area contributed by atoms with Gasteiger partial charge in [-0.15, -0.1) is 0 Å². The molecule has 0 amide bonds. The van der Waals surface area contributed by atoms with Crippen LogP contribution in [0.5, 0.6) is 0 Å². The van der Waals surface area contributed by atoms with Gasteiger partial charge >= 0.3 is 6.18 Å². The third-order valence-corrected chi connectivity index (χ3v) is 7.23. The summed E-state index contributed by atoms with van der Waals surface area (Å²) in [4.78, 5) is 0. The molecule has 1 fully saturated rings. The van der Waals surface area contributed by atoms with Crippen LogP contribution in [-0.4, -0.2) is 23.9 Å². The molecule has 0 aromatic heterocycles. The summed E-state index contributed by atoms with van der Waals surface area (Å²) in [6.07, 6.45) is -1.88. The minimum Gasteiger partial charge on any atom is -0.386 e. The molecular formula is C25H29F4NO. The van der Waals surface area contributed by atoms with Crippen molar-refractivity contribution in [1.29, 1.82) is 0 Å². The summed E-state index contributed by atoms with van der Waals surface area (Å²) < 4.78 is 54.3. The van der Waals surface area contributed by atoms with E-state index in [1.54, 1.807) is 19.9 Å². The van der Waals surface area contributed by atoms with Gasteiger partial charge in [0.25, 0.3) is 0 Å². The van der Waals surface area contributed by atoms with Crippen LogP contribution in [0.1, 0.15) is 61.4 Å². The Kier molecular flexibility index (Phi) is 5.25. The van der Waals surface area contributed by atoms with E-state index in [4.69, 9.17) is 0 Å². The fourth-order valence-electron chi connectivity index (χ4n) is 5.28. The molecule has 1 aliphatic heterocycles. The van der Waals surface area contributed by atoms with E-state index in [1.165, 1.54) is 12.1 Å². The number of halogens is 4. The quantitative estimate of drug-likeness (QED) is 0.626. The molecule has 2 nitrogen and oxygen atoms in total. The van der Waals surface area contributed by atoms with Crippen LogP contribution >= 0.6 is 0 Å². The third kappa shape index (κ3) is 3.78. The van der Waals surface area contributed by atoms with E-state index in [9.17, 15) is 22.7 Å². The van der Waals surface area contributed by atoms with E-state index in [2.05, 4.69) is 5.32 Å². The van der Waals surface area contributed by atoms with Crippen LogP contribution in [0.2, 0.25) is 0 Å². The van der Waals surface area contributed by atoms with Gasteiger partial charge in [-0.3, -0.25) is 0 Å². The van der Waals surface area contributed by atoms with Gasteiger partial charge in [0.15, 0.2) is 0 Å². The monoisotopic (exact) mass is 435 g/mol. The average molecular weight is 436 g/mol. The molecule has 6 heteroatoms. The van der Waals surface area contributed by atoms with Gasteiger partial charge in [-0.05, 0) is 80.8 Å². The molecule has 4 rings (SSSR count). The summed E-state index contributed by atoms with van der Waals surface area (Å²) in [7, 11) is 0. The summed E-state index contributed by atoms with van der Waals surface area (Å²) in [5.74, 6) is 0. The molecule has 2 aromatic rings. The fraction of sp³-hybridized carbons (Fsp3) is 0.520. The molecule has 168 valence electrons. The minimum absolute atomic E-state index is 0.229. The molecule has 2 aromatic carbocycles. The van der Waals surface area contributed by atoms with Crippen molar-refractivity contribution in [2.75, 3.05) is 6.54 Å². The van der Waals surface area contributed by atoms with Gasteiger partial charge in [0.05, 0.1) is 5.60 Å². The number of fused-ring (bicyclic) bond motifs is 3. The number of alkyl halides is 4. The highest BCUT2D eigenvalue weighted by Gasteiger charge is 2.54. The second-order valence-corrected chi connectivity index (χ2v) is 9.76. The summed E-state index contributed by atoms with van der Waals surface area (Å²) in [5, 5.41) is 13.8. The lowest BCUT2D eigenvalue weighted by molar-refractivity contribution is -0.228. The number of rotatable bonds is 4. The Labute approximate surface area is 180 Å². The molecule has 0 bridgehead atoms. The number of aryl methyl sites for hydroxylation is 1. The van der Waals surface area contributed by atoms with Crippen molar-refractivity contribution < 1.29 is 22.7 Å². The molecule has 3 unspecified atom stereocenters. The Hall–Kier alpha value is -1.92. The van der Waals surface area contributed by atoms with Crippen LogP contribution in [-0.2, 0) is 29.5 Å². The number of hydrogen-bond acceptors (Lipinski definition) is 2. The summed E-state index contributed by atoms with van der Waals surface area (Å²) in [6, 6.07) is 12.6. The Morgan fingerprint density at radius 1 is 1.00 bits per heavy atom. The van der Waals surface area contributed by atoms with Gasteiger partial charge in [-0.2, -0.15) is 13.2 Å². The van der Waals surface area contributed by atoms with Crippen LogP contribution < -0.4 is 5.32 Å². The topological polar surface area (TPSA) is 32.3 Å². The lowest BCUT2D eigenvalue weighted by Crippen LogP contribution is -2.46. The van der Waals surface area contributed by atoms with Gasteiger partial charge in [0.2, 0.25) is 5.67 Å². The highest BCUT2D eigenvalue weighted by atomic mass is 19.4. The SMILES string of the molecule is CC(C)(O)c1ccc(CC23CCNC2CCc2cc(C(C)(F)C(F)(F)F)ccc23)cc1. The summed E-state index contributed by atoms with van der Waals surface area (Å²) in [6.45, 7) is 4.92. The highest BCUT2D eigenvalue weighted by molar-refractivity contribution is 5.46. The fourth-order valence-corrected chi connectivity index (χ4v) is 5.28. The molecule has 1 aliphatic carbocycles. The number of benzene rings is 2. The summed E-state index contributed by atoms with van der Waals surface area (Å²) >= 11 is 0. The molecule has 1 heterocycles. The Morgan fingerprint density at radius 2 is 1.65 bits per heavy atom. The molecule has 2 aliphatic rings. The van der Waals surface area contributed by atoms with E-state index < -0.39 is 17.4 Å². The van der Waals surface area contributed by atoms with Crippen molar-refractivity contribution in [3.63, 3.8) is 0 Å². The van der Waals surface area contributed by atoms with Gasteiger partial charge in [-0.25, -0.2) is 4.39 Å². The van der Waals surface area contributed by atoms with E-state index in [0.717, 1.165) is 48.1 Å². The molecule has 0 spiro atoms. The molecule has 1 saturated heterocycles. The van der Waals surface area contributed by atoms with Crippen LogP contribution in [0.15, 0.2) is 42.5 Å². The summed E-state index contributed by atoms with van der Waals surface area (Å²) in [5.41, 5.74) is -1.05. The lowest BCUT2D eigenvalue weighted by atomic mass is 9.63. The third-order valence-electron chi connectivity index (χ3n) is 7.23. The van der Waals surface area contributed by atoms with Crippen molar-refractivity contribution in [3.05, 3.63) is 70.3 Å². The maximum atomic E-state index is 14.6. The Morgan fingerprint density at radius 3 is 2.26 bits per heavy atom. The van der Waals surface area contributed by atoms with Crippen LogP contribution in [0.4, 0.5) is 17.6 Å². The van der Waals surface area contributed by atoms with E-state index >= 15 is 0 Å². The van der Waals surface area contributed by atoms with Gasteiger partial charge in [0, 0.05) is 11.5 Å². The van der Waals surface area contributed by atoms with Crippen LogP contribution in [0.25, 0.3) is 0 Å². The number of nitrogens with one attached hydrogen (secondary N) is 1. The average Bonchev–Trinajstić information content (AvgIpc) is 3.10. The molecular weight excluding hydrogens is 406 g/mol. The molecule has 0 radical (unpaired) electrons. The largest absolute Gasteiger partial charge is 0.426 e. The second kappa shape index (κ2) is 7.31. The Balaban J connectivity index is 1.71. The maximum absolute atomic E-state index is 14.6. The number of hydrogen-bond donors (Lipinski definition) is 2. The maximum Gasteiger partial charge on any atom is 0.426 e. The van der Waals surface area contributed by atoms with Crippen molar-refractivity contribution >= 4 is 0 Å². The first-order valence-corrected chi connectivity index (χ1v) is 10.8. The number of aliphatic hydroxyl groups is 1. The van der Waals surface area contributed by atoms with Gasteiger partial charge < -0.3 is 10.4 Å². The zero-order valence-electron chi connectivity index (χ0n) is 18.1. The van der Waals surface area contributed by atoms with Crippen LogP contribution in [0, 0.1) is 0 Å². The van der Waals surface area contributed by atoms with E-state index in [1.807, 2.05) is 24.3 Å². The van der Waals surface area contributed by atoms with Crippen molar-refractivity contribution in [2.24, 2.45) is 0 Å². The Bertz CT molecular complexity index is 959. The molecule has 0 saturated carbocycles. The first-order valence-electron chi connectivity index (χ1n) is 10.8. The normalized spacial score (nSPS) is 25.6. The molecule has 2 N–H and O–H groups in total. The van der Waals surface area contributed by atoms with Crippen LogP contribution in [0.3, 0.4) is 0 Å². The van der Waals surface area contributed by atoms with Gasteiger partial charge in [0.1, 0.15) is 0 Å².